The van der Waals surface area contributed by atoms with Gasteiger partial charge in [-0.1, -0.05) is 12.5 Å². The summed E-state index contributed by atoms with van der Waals surface area (Å²) in [7, 11) is 4.70. The predicted octanol–water partition coefficient (Wildman–Crippen LogP) is 5.35. The van der Waals surface area contributed by atoms with Gasteiger partial charge in [0.15, 0.2) is 11.5 Å². The Hall–Kier alpha value is -4.48. The Morgan fingerprint density at radius 2 is 1.61 bits per heavy atom. The molecule has 2 aliphatic rings. The fraction of sp³-hybridized carbons (Fsp3) is 0.568. The number of anilines is 1. The average Bonchev–Trinajstić information content (AvgIpc) is 3.29. The third kappa shape index (κ3) is 9.79. The first-order chi connectivity index (χ1) is 23.3. The van der Waals surface area contributed by atoms with Crippen molar-refractivity contribution in [2.24, 2.45) is 0 Å². The van der Waals surface area contributed by atoms with Crippen LogP contribution in [0.3, 0.4) is 0 Å². The van der Waals surface area contributed by atoms with Gasteiger partial charge in [-0.05, 0) is 94.2 Å². The van der Waals surface area contributed by atoms with Crippen LogP contribution < -0.4 is 35.6 Å². The maximum absolute atomic E-state index is 13.5. The van der Waals surface area contributed by atoms with Gasteiger partial charge >= 0.3 is 6.09 Å². The molecule has 0 bridgehead atoms. The van der Waals surface area contributed by atoms with E-state index in [4.69, 9.17) is 18.9 Å². The second-order valence-electron chi connectivity index (χ2n) is 13.6. The molecule has 1 saturated heterocycles. The standard InChI is InChI=1S/C37H52N4O8/c1-23(42)39-28-14-12-24-21-31(46-5)34(47-6)35(48-7)33(24)26-13-15-29(30(43)22-27(26)28)38-18-10-8-9-11-32(44)41-19-16-25(17-20-41)40-36(45)49-37(2,3)4/h13,15,21-22,25,28H,8-12,14,16-20H2,1-7H3,(H,38,43)(H,39,42)(H,40,45)/t28-/m0/s1. The maximum Gasteiger partial charge on any atom is 0.407 e. The van der Waals surface area contributed by atoms with Gasteiger partial charge in [-0.15, -0.1) is 0 Å². The summed E-state index contributed by atoms with van der Waals surface area (Å²) in [6, 6.07) is 6.84. The number of fused-ring (bicyclic) bond motifs is 3. The number of nitrogens with zero attached hydrogens (tertiary/aromatic N) is 1. The lowest BCUT2D eigenvalue weighted by Crippen LogP contribution is -2.47. The monoisotopic (exact) mass is 680 g/mol. The Balaban J connectivity index is 1.36. The molecule has 0 aromatic heterocycles. The highest BCUT2D eigenvalue weighted by Gasteiger charge is 2.30. The third-order valence-electron chi connectivity index (χ3n) is 8.87. The molecule has 0 radical (unpaired) electrons. The molecule has 1 atom stereocenters. The lowest BCUT2D eigenvalue weighted by molar-refractivity contribution is -0.132. The van der Waals surface area contributed by atoms with E-state index in [-0.39, 0.29) is 29.3 Å². The molecule has 3 amide bonds. The van der Waals surface area contributed by atoms with Gasteiger partial charge in [0.25, 0.3) is 0 Å². The van der Waals surface area contributed by atoms with E-state index < -0.39 is 11.7 Å². The fourth-order valence-electron chi connectivity index (χ4n) is 6.56. The van der Waals surface area contributed by atoms with Crippen molar-refractivity contribution in [3.63, 3.8) is 0 Å². The first-order valence-corrected chi connectivity index (χ1v) is 17.1. The van der Waals surface area contributed by atoms with Gasteiger partial charge < -0.3 is 39.8 Å². The van der Waals surface area contributed by atoms with Gasteiger partial charge in [-0.3, -0.25) is 14.4 Å². The van der Waals surface area contributed by atoms with E-state index in [2.05, 4.69) is 16.0 Å². The summed E-state index contributed by atoms with van der Waals surface area (Å²) >= 11 is 0. The van der Waals surface area contributed by atoms with Crippen LogP contribution in [0.15, 0.2) is 29.1 Å². The highest BCUT2D eigenvalue weighted by Crippen LogP contribution is 2.50. The Morgan fingerprint density at radius 3 is 2.24 bits per heavy atom. The van der Waals surface area contributed by atoms with Crippen molar-refractivity contribution in [1.82, 2.24) is 15.5 Å². The van der Waals surface area contributed by atoms with Crippen molar-refractivity contribution in [1.29, 1.82) is 0 Å². The normalized spacial score (nSPS) is 16.0. The van der Waals surface area contributed by atoms with Crippen LogP contribution in [-0.4, -0.2) is 75.4 Å². The summed E-state index contributed by atoms with van der Waals surface area (Å²) < 4.78 is 22.5. The Labute approximate surface area is 289 Å². The first kappa shape index (κ1) is 37.3. The van der Waals surface area contributed by atoms with Gasteiger partial charge in [0.1, 0.15) is 5.60 Å². The number of unbranched alkanes of at least 4 members (excludes halogenated alkanes) is 2. The average molecular weight is 681 g/mol. The number of nitrogens with one attached hydrogen (secondary N) is 3. The van der Waals surface area contributed by atoms with Crippen LogP contribution in [0.4, 0.5) is 10.5 Å². The van der Waals surface area contributed by atoms with Crippen LogP contribution >= 0.6 is 0 Å². The van der Waals surface area contributed by atoms with E-state index in [9.17, 15) is 19.2 Å². The molecule has 0 saturated carbocycles. The second-order valence-corrected chi connectivity index (χ2v) is 13.6. The van der Waals surface area contributed by atoms with E-state index in [0.717, 1.165) is 36.0 Å². The molecule has 12 heteroatoms. The number of aryl methyl sites for hydroxylation is 1. The summed E-state index contributed by atoms with van der Waals surface area (Å²) in [5, 5.41) is 9.23. The quantitative estimate of drug-likeness (QED) is 0.253. The number of carbonyl (C=O) groups is 3. The molecule has 268 valence electrons. The molecule has 3 N–H and O–H groups in total. The lowest BCUT2D eigenvalue weighted by atomic mass is 9.95. The van der Waals surface area contributed by atoms with Gasteiger partial charge in [-0.2, -0.15) is 0 Å². The summed E-state index contributed by atoms with van der Waals surface area (Å²) in [6.45, 7) is 8.76. The van der Waals surface area contributed by atoms with Crippen LogP contribution in [0.25, 0.3) is 11.1 Å². The zero-order valence-electron chi connectivity index (χ0n) is 30.0. The number of benzene rings is 1. The number of piperidine rings is 1. The molecule has 0 unspecified atom stereocenters. The molecule has 2 aromatic carbocycles. The van der Waals surface area contributed by atoms with Crippen molar-refractivity contribution >= 4 is 23.6 Å². The Morgan fingerprint density at radius 1 is 0.898 bits per heavy atom. The molecule has 0 spiro atoms. The van der Waals surface area contributed by atoms with Crippen molar-refractivity contribution in [3.8, 4) is 28.4 Å². The van der Waals surface area contributed by atoms with Crippen LogP contribution in [0.2, 0.25) is 0 Å². The number of methoxy groups -OCH3 is 3. The number of ether oxygens (including phenoxy) is 4. The molecule has 2 aromatic rings. The van der Waals surface area contributed by atoms with Crippen LogP contribution in [-0.2, 0) is 20.7 Å². The minimum atomic E-state index is -0.546. The molecule has 4 rings (SSSR count). The molecule has 1 aliphatic carbocycles. The zero-order valence-corrected chi connectivity index (χ0v) is 30.0. The zero-order chi connectivity index (χ0) is 35.7. The summed E-state index contributed by atoms with van der Waals surface area (Å²) in [5.41, 5.74) is 2.98. The van der Waals surface area contributed by atoms with E-state index in [1.807, 2.05) is 37.8 Å². The number of alkyl carbamates (subject to hydrolysis) is 1. The largest absolute Gasteiger partial charge is 0.493 e. The van der Waals surface area contributed by atoms with E-state index in [1.54, 1.807) is 33.5 Å². The topological polar surface area (TPSA) is 145 Å². The number of likely N-dealkylation sites (tertiary alicyclic amines) is 1. The minimum absolute atomic E-state index is 0.00469. The molecule has 12 nitrogen and oxygen atoms in total. The Kier molecular flexibility index (Phi) is 12.8. The molecular weight excluding hydrogens is 628 g/mol. The van der Waals surface area contributed by atoms with Crippen molar-refractivity contribution in [2.75, 3.05) is 46.3 Å². The lowest BCUT2D eigenvalue weighted by Gasteiger charge is -2.33. The van der Waals surface area contributed by atoms with E-state index >= 15 is 0 Å². The highest BCUT2D eigenvalue weighted by atomic mass is 16.6. The summed E-state index contributed by atoms with van der Waals surface area (Å²) in [6.07, 6.45) is 5.03. The fourth-order valence-corrected chi connectivity index (χ4v) is 6.56. The number of hydrogen-bond donors (Lipinski definition) is 3. The molecular formula is C37H52N4O8. The third-order valence-corrected chi connectivity index (χ3v) is 8.87. The van der Waals surface area contributed by atoms with Crippen molar-refractivity contribution in [2.45, 2.75) is 96.7 Å². The smallest absolute Gasteiger partial charge is 0.407 e. The van der Waals surface area contributed by atoms with E-state index in [0.29, 0.717) is 80.2 Å². The van der Waals surface area contributed by atoms with Crippen molar-refractivity contribution < 1.29 is 33.3 Å². The van der Waals surface area contributed by atoms with Crippen LogP contribution in [0.5, 0.6) is 17.2 Å². The highest BCUT2D eigenvalue weighted by molar-refractivity contribution is 5.84. The molecule has 1 aliphatic heterocycles. The maximum atomic E-state index is 13.5. The molecule has 49 heavy (non-hydrogen) atoms. The number of hydrogen-bond acceptors (Lipinski definition) is 9. The molecule has 1 fully saturated rings. The SMILES string of the molecule is COc1cc2c(c(OC)c1OC)-c1ccc(NCCCCCC(=O)N3CCC(NC(=O)OC(C)(C)C)CC3)c(=O)cc1[C@@H](NC(C)=O)CC2. The Bertz CT molecular complexity index is 1560. The number of rotatable bonds is 12. The molecule has 1 heterocycles. The predicted molar refractivity (Wildman–Crippen MR) is 189 cm³/mol. The van der Waals surface area contributed by atoms with Crippen LogP contribution in [0, 0.1) is 0 Å². The van der Waals surface area contributed by atoms with Gasteiger partial charge in [-0.25, -0.2) is 4.79 Å². The van der Waals surface area contributed by atoms with Crippen molar-refractivity contribution in [3.05, 3.63) is 45.6 Å². The summed E-state index contributed by atoms with van der Waals surface area (Å²) in [4.78, 5) is 52.5. The van der Waals surface area contributed by atoms with Gasteiger partial charge in [0, 0.05) is 44.6 Å². The number of carbonyl (C=O) groups excluding carboxylic acids is 3. The number of amides is 3. The first-order valence-electron chi connectivity index (χ1n) is 17.1. The van der Waals surface area contributed by atoms with Gasteiger partial charge in [0.05, 0.1) is 33.1 Å². The van der Waals surface area contributed by atoms with Gasteiger partial charge in [0.2, 0.25) is 23.0 Å². The second kappa shape index (κ2) is 16.8. The van der Waals surface area contributed by atoms with Crippen LogP contribution in [0.1, 0.15) is 89.8 Å². The van der Waals surface area contributed by atoms with E-state index in [1.165, 1.54) is 6.92 Å². The summed E-state index contributed by atoms with van der Waals surface area (Å²) in [5.74, 6) is 1.45. The minimum Gasteiger partial charge on any atom is -0.493 e.